The summed E-state index contributed by atoms with van der Waals surface area (Å²) in [5.74, 6) is 1.36. The summed E-state index contributed by atoms with van der Waals surface area (Å²) in [5, 5.41) is 0. The minimum Gasteiger partial charge on any atom is -0.462 e. The van der Waals surface area contributed by atoms with Gasteiger partial charge in [0.15, 0.2) is 0 Å². The SMILES string of the molecule is CC[C@H](C)C[C@H]1CCC(=O)O[C@@H]1CC. The number of cyclic esters (lactones) is 1. The molecular formula is C12H22O2. The van der Waals surface area contributed by atoms with Crippen molar-refractivity contribution in [1.82, 2.24) is 0 Å². The fourth-order valence-electron chi connectivity index (χ4n) is 2.18. The summed E-state index contributed by atoms with van der Waals surface area (Å²) in [6, 6.07) is 0. The van der Waals surface area contributed by atoms with Crippen LogP contribution in [0.3, 0.4) is 0 Å². The number of hydrogen-bond acceptors (Lipinski definition) is 2. The van der Waals surface area contributed by atoms with Gasteiger partial charge < -0.3 is 4.74 Å². The second-order valence-corrected chi connectivity index (χ2v) is 4.48. The summed E-state index contributed by atoms with van der Waals surface area (Å²) in [5.41, 5.74) is 0. The van der Waals surface area contributed by atoms with Crippen LogP contribution in [0.25, 0.3) is 0 Å². The Hall–Kier alpha value is -0.530. The average molecular weight is 198 g/mol. The van der Waals surface area contributed by atoms with Gasteiger partial charge in [-0.15, -0.1) is 0 Å². The first-order valence-corrected chi connectivity index (χ1v) is 5.86. The molecule has 1 rings (SSSR count). The zero-order valence-corrected chi connectivity index (χ0v) is 9.58. The Morgan fingerprint density at radius 1 is 1.50 bits per heavy atom. The molecule has 2 heteroatoms. The molecule has 0 aromatic rings. The zero-order chi connectivity index (χ0) is 10.6. The van der Waals surface area contributed by atoms with Gasteiger partial charge in [0.1, 0.15) is 6.10 Å². The molecule has 0 radical (unpaired) electrons. The number of carbonyl (C=O) groups excluding carboxylic acids is 1. The molecule has 1 aliphatic heterocycles. The Balaban J connectivity index is 2.45. The van der Waals surface area contributed by atoms with Crippen LogP contribution in [0.2, 0.25) is 0 Å². The van der Waals surface area contributed by atoms with E-state index in [0.29, 0.717) is 12.3 Å². The summed E-state index contributed by atoms with van der Waals surface area (Å²) in [4.78, 5) is 11.1. The van der Waals surface area contributed by atoms with Crippen molar-refractivity contribution in [3.63, 3.8) is 0 Å². The van der Waals surface area contributed by atoms with Crippen LogP contribution in [0.5, 0.6) is 0 Å². The normalized spacial score (nSPS) is 29.8. The molecule has 3 atom stereocenters. The van der Waals surface area contributed by atoms with Crippen molar-refractivity contribution in [3.05, 3.63) is 0 Å². The molecule has 1 fully saturated rings. The molecule has 0 amide bonds. The molecule has 0 aliphatic carbocycles. The molecule has 0 N–H and O–H groups in total. The van der Waals surface area contributed by atoms with Gasteiger partial charge in [0.05, 0.1) is 0 Å². The van der Waals surface area contributed by atoms with Crippen LogP contribution in [-0.4, -0.2) is 12.1 Å². The molecule has 1 aliphatic rings. The Morgan fingerprint density at radius 2 is 2.21 bits per heavy atom. The Labute approximate surface area is 87.0 Å². The van der Waals surface area contributed by atoms with Crippen LogP contribution in [-0.2, 0) is 9.53 Å². The van der Waals surface area contributed by atoms with E-state index < -0.39 is 0 Å². The molecule has 0 unspecified atom stereocenters. The van der Waals surface area contributed by atoms with Crippen LogP contribution < -0.4 is 0 Å². The summed E-state index contributed by atoms with van der Waals surface area (Å²) in [7, 11) is 0. The minimum absolute atomic E-state index is 0.00254. The topological polar surface area (TPSA) is 26.3 Å². The molecule has 0 saturated carbocycles. The van der Waals surface area contributed by atoms with Crippen molar-refractivity contribution < 1.29 is 9.53 Å². The summed E-state index contributed by atoms with van der Waals surface area (Å²) in [6.45, 7) is 6.61. The van der Waals surface area contributed by atoms with E-state index in [0.717, 1.165) is 18.8 Å². The van der Waals surface area contributed by atoms with E-state index in [1.807, 2.05) is 0 Å². The van der Waals surface area contributed by atoms with Crippen molar-refractivity contribution in [2.45, 2.75) is 59.0 Å². The van der Waals surface area contributed by atoms with Crippen LogP contribution in [0, 0.1) is 11.8 Å². The molecular weight excluding hydrogens is 176 g/mol. The van der Waals surface area contributed by atoms with E-state index >= 15 is 0 Å². The van der Waals surface area contributed by atoms with Gasteiger partial charge >= 0.3 is 5.97 Å². The monoisotopic (exact) mass is 198 g/mol. The van der Waals surface area contributed by atoms with Crippen LogP contribution >= 0.6 is 0 Å². The molecule has 0 aromatic carbocycles. The lowest BCUT2D eigenvalue weighted by molar-refractivity contribution is -0.159. The molecule has 0 spiro atoms. The second kappa shape index (κ2) is 5.38. The van der Waals surface area contributed by atoms with Gasteiger partial charge in [0, 0.05) is 6.42 Å². The zero-order valence-electron chi connectivity index (χ0n) is 9.58. The van der Waals surface area contributed by atoms with Crippen molar-refractivity contribution in [2.24, 2.45) is 11.8 Å². The fourth-order valence-corrected chi connectivity index (χ4v) is 2.18. The van der Waals surface area contributed by atoms with Gasteiger partial charge in [0.2, 0.25) is 0 Å². The molecule has 0 aromatic heterocycles. The van der Waals surface area contributed by atoms with Gasteiger partial charge in [-0.25, -0.2) is 0 Å². The standard InChI is InChI=1S/C12H22O2/c1-4-9(3)8-10-6-7-12(13)14-11(10)5-2/h9-11H,4-8H2,1-3H3/t9-,10+,11+/m0/s1. The molecule has 1 saturated heterocycles. The highest BCUT2D eigenvalue weighted by Gasteiger charge is 2.29. The largest absolute Gasteiger partial charge is 0.462 e. The van der Waals surface area contributed by atoms with E-state index in [9.17, 15) is 4.79 Å². The Morgan fingerprint density at radius 3 is 2.79 bits per heavy atom. The number of carbonyl (C=O) groups is 1. The second-order valence-electron chi connectivity index (χ2n) is 4.48. The van der Waals surface area contributed by atoms with Gasteiger partial charge in [-0.1, -0.05) is 27.2 Å². The number of ether oxygens (including phenoxy) is 1. The summed E-state index contributed by atoms with van der Waals surface area (Å²) >= 11 is 0. The van der Waals surface area contributed by atoms with Gasteiger partial charge in [0.25, 0.3) is 0 Å². The predicted molar refractivity (Wildman–Crippen MR) is 57.0 cm³/mol. The Kier molecular flexibility index (Phi) is 4.43. The van der Waals surface area contributed by atoms with Crippen molar-refractivity contribution >= 4 is 5.97 Å². The third-order valence-corrected chi connectivity index (χ3v) is 3.33. The average Bonchev–Trinajstić information content (AvgIpc) is 2.20. The first kappa shape index (κ1) is 11.5. The number of rotatable bonds is 4. The van der Waals surface area contributed by atoms with Gasteiger partial charge in [-0.2, -0.15) is 0 Å². The predicted octanol–water partition coefficient (Wildman–Crippen LogP) is 3.15. The molecule has 2 nitrogen and oxygen atoms in total. The highest BCUT2D eigenvalue weighted by Crippen LogP contribution is 2.30. The smallest absolute Gasteiger partial charge is 0.306 e. The lowest BCUT2D eigenvalue weighted by Gasteiger charge is -2.32. The number of esters is 1. The van der Waals surface area contributed by atoms with E-state index in [2.05, 4.69) is 20.8 Å². The van der Waals surface area contributed by atoms with Crippen LogP contribution in [0.15, 0.2) is 0 Å². The van der Waals surface area contributed by atoms with E-state index in [1.165, 1.54) is 12.8 Å². The lowest BCUT2D eigenvalue weighted by atomic mass is 9.84. The van der Waals surface area contributed by atoms with E-state index in [4.69, 9.17) is 4.74 Å². The van der Waals surface area contributed by atoms with Gasteiger partial charge in [-0.05, 0) is 31.1 Å². The Bertz CT molecular complexity index is 189. The van der Waals surface area contributed by atoms with Crippen molar-refractivity contribution in [1.29, 1.82) is 0 Å². The van der Waals surface area contributed by atoms with Gasteiger partial charge in [-0.3, -0.25) is 4.79 Å². The maximum atomic E-state index is 11.1. The third kappa shape index (κ3) is 3.00. The third-order valence-electron chi connectivity index (χ3n) is 3.33. The highest BCUT2D eigenvalue weighted by atomic mass is 16.5. The van der Waals surface area contributed by atoms with Crippen LogP contribution in [0.4, 0.5) is 0 Å². The maximum Gasteiger partial charge on any atom is 0.306 e. The van der Waals surface area contributed by atoms with E-state index in [1.54, 1.807) is 0 Å². The summed E-state index contributed by atoms with van der Waals surface area (Å²) in [6.07, 6.45) is 5.24. The molecule has 14 heavy (non-hydrogen) atoms. The van der Waals surface area contributed by atoms with E-state index in [-0.39, 0.29) is 12.1 Å². The molecule has 0 bridgehead atoms. The molecule has 1 heterocycles. The van der Waals surface area contributed by atoms with Crippen molar-refractivity contribution in [3.8, 4) is 0 Å². The highest BCUT2D eigenvalue weighted by molar-refractivity contribution is 5.70. The quantitative estimate of drug-likeness (QED) is 0.649. The van der Waals surface area contributed by atoms with Crippen LogP contribution in [0.1, 0.15) is 52.9 Å². The number of hydrogen-bond donors (Lipinski definition) is 0. The first-order chi connectivity index (χ1) is 6.67. The van der Waals surface area contributed by atoms with Crippen molar-refractivity contribution in [2.75, 3.05) is 0 Å². The maximum absolute atomic E-state index is 11.1. The first-order valence-electron chi connectivity index (χ1n) is 5.86. The lowest BCUT2D eigenvalue weighted by Crippen LogP contribution is -2.33. The molecule has 82 valence electrons. The summed E-state index contributed by atoms with van der Waals surface area (Å²) < 4.78 is 5.35. The minimum atomic E-state index is -0.00254. The fraction of sp³-hybridized carbons (Fsp3) is 0.917.